The number of carbonyl (C=O) groups is 1. The van der Waals surface area contributed by atoms with Crippen LogP contribution in [0.1, 0.15) is 19.4 Å². The molecule has 0 atom stereocenters. The van der Waals surface area contributed by atoms with Crippen molar-refractivity contribution in [2.24, 2.45) is 0 Å². The van der Waals surface area contributed by atoms with Crippen LogP contribution < -0.4 is 14.8 Å². The Hall–Kier alpha value is -2.39. The first kappa shape index (κ1) is 21.9. The van der Waals surface area contributed by atoms with Crippen molar-refractivity contribution in [2.75, 3.05) is 18.5 Å². The smallest absolute Gasteiger partial charge is 0.266 e. The lowest BCUT2D eigenvalue weighted by Gasteiger charge is -2.13. The van der Waals surface area contributed by atoms with E-state index in [2.05, 4.69) is 5.32 Å². The van der Waals surface area contributed by atoms with E-state index < -0.39 is 5.91 Å². The van der Waals surface area contributed by atoms with E-state index in [0.717, 1.165) is 0 Å². The molecule has 0 heterocycles. The van der Waals surface area contributed by atoms with Gasteiger partial charge in [0, 0.05) is 6.07 Å². The molecule has 2 rings (SSSR count). The molecule has 0 aliphatic rings. The Morgan fingerprint density at radius 1 is 1.11 bits per heavy atom. The summed E-state index contributed by atoms with van der Waals surface area (Å²) in [5, 5.41) is 12.8. The van der Waals surface area contributed by atoms with E-state index in [0.29, 0.717) is 41.0 Å². The van der Waals surface area contributed by atoms with Gasteiger partial charge in [-0.3, -0.25) is 4.79 Å². The molecule has 0 aliphatic heterocycles. The van der Waals surface area contributed by atoms with Crippen molar-refractivity contribution in [3.8, 4) is 17.6 Å². The normalized spacial score (nSPS) is 10.9. The Morgan fingerprint density at radius 2 is 1.75 bits per heavy atom. The molecule has 8 heteroatoms. The van der Waals surface area contributed by atoms with Crippen molar-refractivity contribution in [1.29, 1.82) is 5.26 Å². The van der Waals surface area contributed by atoms with Gasteiger partial charge in [-0.25, -0.2) is 0 Å². The molecule has 0 saturated heterocycles. The molecule has 2 aromatic carbocycles. The fourth-order valence-electron chi connectivity index (χ4n) is 2.29. The monoisotopic (exact) mass is 438 g/mol. The fraction of sp³-hybridized carbons (Fsp3) is 0.200. The minimum Gasteiger partial charge on any atom is -0.490 e. The molecule has 0 fully saturated rings. The summed E-state index contributed by atoms with van der Waals surface area (Å²) in [5.74, 6) is 0.310. The number of amides is 1. The van der Waals surface area contributed by atoms with Gasteiger partial charge in [0.15, 0.2) is 11.5 Å². The molecule has 5 nitrogen and oxygen atoms in total. The number of anilines is 1. The number of nitriles is 1. The van der Waals surface area contributed by atoms with E-state index in [1.165, 1.54) is 6.08 Å². The zero-order valence-corrected chi connectivity index (χ0v) is 17.5. The van der Waals surface area contributed by atoms with Crippen molar-refractivity contribution in [2.45, 2.75) is 13.8 Å². The molecule has 0 aromatic heterocycles. The molecule has 146 valence electrons. The third-order valence-corrected chi connectivity index (χ3v) is 4.67. The van der Waals surface area contributed by atoms with Gasteiger partial charge in [-0.05, 0) is 43.7 Å². The molecule has 1 N–H and O–H groups in total. The highest BCUT2D eigenvalue weighted by molar-refractivity contribution is 6.44. The zero-order valence-electron chi connectivity index (χ0n) is 15.2. The molecule has 0 saturated carbocycles. The van der Waals surface area contributed by atoms with Gasteiger partial charge in [-0.1, -0.05) is 40.9 Å². The predicted molar refractivity (Wildman–Crippen MR) is 112 cm³/mol. The molecule has 0 spiro atoms. The number of nitrogens with zero attached hydrogens (tertiary/aromatic N) is 1. The van der Waals surface area contributed by atoms with Crippen LogP contribution in [0.4, 0.5) is 5.69 Å². The van der Waals surface area contributed by atoms with Gasteiger partial charge < -0.3 is 14.8 Å². The summed E-state index contributed by atoms with van der Waals surface area (Å²) in [6, 6.07) is 9.88. The number of carbonyl (C=O) groups excluding carboxylic acids is 1. The second-order valence-electron chi connectivity index (χ2n) is 5.41. The van der Waals surface area contributed by atoms with Crippen LogP contribution in [0.25, 0.3) is 6.08 Å². The lowest BCUT2D eigenvalue weighted by molar-refractivity contribution is -0.112. The highest BCUT2D eigenvalue weighted by Crippen LogP contribution is 2.35. The van der Waals surface area contributed by atoms with Crippen molar-refractivity contribution in [3.05, 3.63) is 56.5 Å². The predicted octanol–water partition coefficient (Wildman–Crippen LogP) is 5.99. The van der Waals surface area contributed by atoms with Crippen LogP contribution in [0.5, 0.6) is 11.5 Å². The highest BCUT2D eigenvalue weighted by atomic mass is 35.5. The molecular formula is C20H17Cl3N2O3. The average molecular weight is 440 g/mol. The van der Waals surface area contributed by atoms with Crippen molar-refractivity contribution in [3.63, 3.8) is 0 Å². The quantitative estimate of drug-likeness (QED) is 0.425. The zero-order chi connectivity index (χ0) is 20.7. The second kappa shape index (κ2) is 10.2. The topological polar surface area (TPSA) is 71.3 Å². The van der Waals surface area contributed by atoms with Gasteiger partial charge in [0.2, 0.25) is 0 Å². The SMILES string of the molecule is CCOc1cc(Cl)c(/C=C(/C#N)C(=O)Nc2cccc(Cl)c2Cl)cc1OCC. The van der Waals surface area contributed by atoms with Crippen LogP contribution in [-0.2, 0) is 4.79 Å². The minimum absolute atomic E-state index is 0.162. The van der Waals surface area contributed by atoms with Gasteiger partial charge in [0.1, 0.15) is 11.6 Å². The van der Waals surface area contributed by atoms with E-state index in [1.54, 1.807) is 30.3 Å². The van der Waals surface area contributed by atoms with Crippen molar-refractivity contribution < 1.29 is 14.3 Å². The van der Waals surface area contributed by atoms with Crippen molar-refractivity contribution in [1.82, 2.24) is 0 Å². The second-order valence-corrected chi connectivity index (χ2v) is 6.60. The molecular weight excluding hydrogens is 423 g/mol. The number of rotatable bonds is 7. The van der Waals surface area contributed by atoms with Gasteiger partial charge >= 0.3 is 0 Å². The fourth-order valence-corrected chi connectivity index (χ4v) is 2.85. The molecule has 0 radical (unpaired) electrons. The number of hydrogen-bond acceptors (Lipinski definition) is 4. The van der Waals surface area contributed by atoms with Crippen LogP contribution in [0.2, 0.25) is 15.1 Å². The number of hydrogen-bond donors (Lipinski definition) is 1. The van der Waals surface area contributed by atoms with E-state index >= 15 is 0 Å². The van der Waals surface area contributed by atoms with Gasteiger partial charge in [0.05, 0.1) is 34.0 Å². The number of nitrogens with one attached hydrogen (secondary N) is 1. The number of ether oxygens (including phenoxy) is 2. The number of halogens is 3. The third kappa shape index (κ3) is 5.32. The summed E-state index contributed by atoms with van der Waals surface area (Å²) >= 11 is 18.3. The summed E-state index contributed by atoms with van der Waals surface area (Å²) in [6.07, 6.45) is 1.37. The van der Waals surface area contributed by atoms with Gasteiger partial charge in [-0.2, -0.15) is 5.26 Å². The Labute approximate surface area is 178 Å². The number of benzene rings is 2. The maximum atomic E-state index is 12.5. The first-order valence-corrected chi connectivity index (χ1v) is 9.50. The maximum Gasteiger partial charge on any atom is 0.266 e. The Balaban J connectivity index is 2.37. The molecule has 1 amide bonds. The van der Waals surface area contributed by atoms with Crippen LogP contribution in [0.3, 0.4) is 0 Å². The minimum atomic E-state index is -0.644. The Bertz CT molecular complexity index is 952. The Kier molecular flexibility index (Phi) is 8.01. The maximum absolute atomic E-state index is 12.5. The summed E-state index contributed by atoms with van der Waals surface area (Å²) in [5.41, 5.74) is 0.579. The lowest BCUT2D eigenvalue weighted by Crippen LogP contribution is -2.13. The van der Waals surface area contributed by atoms with Crippen LogP contribution in [0.15, 0.2) is 35.9 Å². The third-order valence-electron chi connectivity index (χ3n) is 3.53. The molecule has 0 unspecified atom stereocenters. The molecule has 28 heavy (non-hydrogen) atoms. The van der Waals surface area contributed by atoms with E-state index in [1.807, 2.05) is 19.9 Å². The van der Waals surface area contributed by atoms with E-state index in [-0.39, 0.29) is 15.6 Å². The molecule has 0 aliphatic carbocycles. The van der Waals surface area contributed by atoms with Crippen molar-refractivity contribution >= 4 is 52.5 Å². The van der Waals surface area contributed by atoms with Gasteiger partial charge in [-0.15, -0.1) is 0 Å². The summed E-state index contributed by atoms with van der Waals surface area (Å²) in [6.45, 7) is 4.54. The average Bonchev–Trinajstić information content (AvgIpc) is 2.66. The highest BCUT2D eigenvalue weighted by Gasteiger charge is 2.15. The molecule has 0 bridgehead atoms. The van der Waals surface area contributed by atoms with Crippen LogP contribution in [0, 0.1) is 11.3 Å². The first-order valence-electron chi connectivity index (χ1n) is 8.37. The van der Waals surface area contributed by atoms with Crippen LogP contribution in [-0.4, -0.2) is 19.1 Å². The summed E-state index contributed by atoms with van der Waals surface area (Å²) in [4.78, 5) is 12.5. The standard InChI is InChI=1S/C20H17Cl3N2O3/c1-3-27-17-9-12(15(22)10-18(17)28-4-2)8-13(11-24)20(26)25-16-7-5-6-14(21)19(16)23/h5-10H,3-4H2,1-2H3,(H,25,26)/b13-8-. The van der Waals surface area contributed by atoms with E-state index in [4.69, 9.17) is 44.3 Å². The Morgan fingerprint density at radius 3 is 2.36 bits per heavy atom. The summed E-state index contributed by atoms with van der Waals surface area (Å²) < 4.78 is 11.1. The largest absolute Gasteiger partial charge is 0.490 e. The first-order chi connectivity index (χ1) is 13.4. The van der Waals surface area contributed by atoms with E-state index in [9.17, 15) is 10.1 Å². The van der Waals surface area contributed by atoms with Crippen LogP contribution >= 0.6 is 34.8 Å². The summed E-state index contributed by atoms with van der Waals surface area (Å²) in [7, 11) is 0. The molecule has 2 aromatic rings. The van der Waals surface area contributed by atoms with Gasteiger partial charge in [0.25, 0.3) is 5.91 Å². The lowest BCUT2D eigenvalue weighted by atomic mass is 10.1.